The number of benzene rings is 1. The van der Waals surface area contributed by atoms with Gasteiger partial charge < -0.3 is 20.0 Å². The molecule has 0 radical (unpaired) electrons. The molecular weight excluding hydrogens is 450 g/mol. The number of rotatable bonds is 4. The fraction of sp³-hybridized carbons (Fsp3) is 0.458. The van der Waals surface area contributed by atoms with Crippen LogP contribution in [-0.4, -0.2) is 86.1 Å². The number of nitrogens with one attached hydrogen (secondary N) is 1. The molecule has 0 aliphatic carbocycles. The minimum absolute atomic E-state index is 0.101. The minimum atomic E-state index is -2.85. The number of hydrogen-bond donors (Lipinski definition) is 1. The van der Waals surface area contributed by atoms with Crippen molar-refractivity contribution in [3.05, 3.63) is 42.2 Å². The Labute approximate surface area is 199 Å². The molecule has 0 atom stereocenters. The van der Waals surface area contributed by atoms with Crippen molar-refractivity contribution in [2.24, 2.45) is 5.41 Å². The molecule has 1 N–H and O–H groups in total. The number of aromatic nitrogens is 3. The smallest absolute Gasteiger partial charge is 0.227 e. The maximum Gasteiger partial charge on any atom is 0.227 e. The van der Waals surface area contributed by atoms with Crippen LogP contribution in [0.15, 0.2) is 36.5 Å². The molecule has 0 unspecified atom stereocenters. The highest BCUT2D eigenvalue weighted by Crippen LogP contribution is 2.44. The standard InChI is InChI=1S/C24H29N7O2S/c1-17-11-18-12-25-23(27-19-3-5-20(6-4-19)30-9-7-29(2)8-10-30)28-21(18)22(26-17)31-13-24(14-31)15-34(32,33)16-24/h3-6,11-12H,7-10,13-16H2,1-2H3,(H,25,27,28). The van der Waals surface area contributed by atoms with Crippen LogP contribution in [0.4, 0.5) is 23.1 Å². The van der Waals surface area contributed by atoms with E-state index in [1.54, 1.807) is 0 Å². The van der Waals surface area contributed by atoms with E-state index >= 15 is 0 Å². The Morgan fingerprint density at radius 1 is 0.971 bits per heavy atom. The molecule has 5 heterocycles. The van der Waals surface area contributed by atoms with Crippen LogP contribution in [0, 0.1) is 12.3 Å². The van der Waals surface area contributed by atoms with Gasteiger partial charge in [0.1, 0.15) is 5.52 Å². The number of aryl methyl sites for hydroxylation is 1. The first-order valence-electron chi connectivity index (χ1n) is 11.7. The van der Waals surface area contributed by atoms with Crippen molar-refractivity contribution in [3.8, 4) is 0 Å². The summed E-state index contributed by atoms with van der Waals surface area (Å²) in [6, 6.07) is 10.4. The van der Waals surface area contributed by atoms with Gasteiger partial charge in [0, 0.05) is 73.3 Å². The Balaban J connectivity index is 1.21. The second kappa shape index (κ2) is 7.78. The van der Waals surface area contributed by atoms with Crippen molar-refractivity contribution in [1.29, 1.82) is 0 Å². The SMILES string of the molecule is Cc1cc2cnc(Nc3ccc(N4CCN(C)CC4)cc3)nc2c(N2CC3(C2)CS(=O)(=O)C3)n1. The molecule has 0 amide bonds. The molecular formula is C24H29N7O2S. The first-order valence-corrected chi connectivity index (χ1v) is 13.5. The van der Waals surface area contributed by atoms with Crippen molar-refractivity contribution < 1.29 is 8.42 Å². The zero-order chi connectivity index (χ0) is 23.5. The van der Waals surface area contributed by atoms with Crippen molar-refractivity contribution in [2.45, 2.75) is 6.92 Å². The van der Waals surface area contributed by atoms with Crippen molar-refractivity contribution in [3.63, 3.8) is 0 Å². The lowest BCUT2D eigenvalue weighted by molar-refractivity contribution is 0.253. The number of fused-ring (bicyclic) bond motifs is 1. The monoisotopic (exact) mass is 479 g/mol. The van der Waals surface area contributed by atoms with Gasteiger partial charge in [-0.25, -0.2) is 23.4 Å². The van der Waals surface area contributed by atoms with Gasteiger partial charge in [-0.1, -0.05) is 0 Å². The van der Waals surface area contributed by atoms with Gasteiger partial charge in [-0.3, -0.25) is 0 Å². The topological polar surface area (TPSA) is 94.6 Å². The van der Waals surface area contributed by atoms with E-state index < -0.39 is 9.84 Å². The molecule has 3 aliphatic heterocycles. The average Bonchev–Trinajstić information content (AvgIpc) is 2.76. The summed E-state index contributed by atoms with van der Waals surface area (Å²) >= 11 is 0. The van der Waals surface area contributed by atoms with Crippen LogP contribution in [0.1, 0.15) is 5.69 Å². The second-order valence-corrected chi connectivity index (χ2v) is 12.1. The second-order valence-electron chi connectivity index (χ2n) is 10.1. The van der Waals surface area contributed by atoms with Crippen LogP contribution in [0.25, 0.3) is 10.9 Å². The summed E-state index contributed by atoms with van der Waals surface area (Å²) in [5, 5.41) is 4.26. The van der Waals surface area contributed by atoms with Crippen LogP contribution in [0.2, 0.25) is 0 Å². The molecule has 3 aromatic rings. The fourth-order valence-corrected chi connectivity index (χ4v) is 7.52. The lowest BCUT2D eigenvalue weighted by Crippen LogP contribution is -2.68. The molecule has 10 heteroatoms. The molecule has 178 valence electrons. The lowest BCUT2D eigenvalue weighted by Gasteiger charge is -2.55. The van der Waals surface area contributed by atoms with Gasteiger partial charge in [0.2, 0.25) is 5.95 Å². The normalized spacial score (nSPS) is 21.4. The molecule has 0 saturated carbocycles. The molecule has 1 aromatic carbocycles. The summed E-state index contributed by atoms with van der Waals surface area (Å²) in [6.45, 7) is 7.60. The highest BCUT2D eigenvalue weighted by molar-refractivity contribution is 7.92. The van der Waals surface area contributed by atoms with Crippen LogP contribution in [0.3, 0.4) is 0 Å². The first kappa shape index (κ1) is 21.5. The van der Waals surface area contributed by atoms with E-state index in [1.165, 1.54) is 5.69 Å². The van der Waals surface area contributed by atoms with Gasteiger partial charge in [-0.15, -0.1) is 0 Å². The maximum absolute atomic E-state index is 11.7. The van der Waals surface area contributed by atoms with Gasteiger partial charge in [-0.2, -0.15) is 0 Å². The third-order valence-electron chi connectivity index (χ3n) is 7.07. The van der Waals surface area contributed by atoms with Gasteiger partial charge in [0.25, 0.3) is 0 Å². The molecule has 34 heavy (non-hydrogen) atoms. The molecule has 2 aromatic heterocycles. The summed E-state index contributed by atoms with van der Waals surface area (Å²) in [6.07, 6.45) is 1.82. The van der Waals surface area contributed by atoms with Crippen molar-refractivity contribution >= 4 is 43.9 Å². The quantitative estimate of drug-likeness (QED) is 0.603. The van der Waals surface area contributed by atoms with Gasteiger partial charge in [0.05, 0.1) is 11.5 Å². The molecule has 6 rings (SSSR count). The lowest BCUT2D eigenvalue weighted by atomic mass is 9.83. The number of hydrogen-bond acceptors (Lipinski definition) is 9. The van der Waals surface area contributed by atoms with E-state index in [0.717, 1.165) is 54.3 Å². The molecule has 9 nitrogen and oxygen atoms in total. The van der Waals surface area contributed by atoms with E-state index in [2.05, 4.69) is 56.3 Å². The highest BCUT2D eigenvalue weighted by Gasteiger charge is 2.56. The summed E-state index contributed by atoms with van der Waals surface area (Å²) in [5.74, 6) is 1.90. The Bertz CT molecular complexity index is 1330. The summed E-state index contributed by atoms with van der Waals surface area (Å²) in [5.41, 5.74) is 3.74. The van der Waals surface area contributed by atoms with Gasteiger partial charge in [0.15, 0.2) is 15.7 Å². The van der Waals surface area contributed by atoms with Crippen molar-refractivity contribution in [1.82, 2.24) is 19.9 Å². The maximum atomic E-state index is 11.7. The number of piperazine rings is 1. The number of nitrogens with zero attached hydrogens (tertiary/aromatic N) is 6. The number of sulfone groups is 1. The largest absolute Gasteiger partial charge is 0.369 e. The molecule has 0 bridgehead atoms. The average molecular weight is 480 g/mol. The zero-order valence-corrected chi connectivity index (χ0v) is 20.3. The van der Waals surface area contributed by atoms with E-state index in [4.69, 9.17) is 9.97 Å². The van der Waals surface area contributed by atoms with E-state index in [1.807, 2.05) is 19.2 Å². The predicted molar refractivity (Wildman–Crippen MR) is 135 cm³/mol. The Hall–Kier alpha value is -2.98. The summed E-state index contributed by atoms with van der Waals surface area (Å²) in [7, 11) is -0.688. The fourth-order valence-electron chi connectivity index (χ4n) is 5.37. The van der Waals surface area contributed by atoms with Crippen LogP contribution in [0.5, 0.6) is 0 Å². The van der Waals surface area contributed by atoms with Gasteiger partial charge in [-0.05, 0) is 44.3 Å². The first-order chi connectivity index (χ1) is 16.3. The summed E-state index contributed by atoms with van der Waals surface area (Å²) < 4.78 is 23.4. The number of anilines is 4. The van der Waals surface area contributed by atoms with E-state index in [9.17, 15) is 8.42 Å². The molecule has 3 aliphatic rings. The minimum Gasteiger partial charge on any atom is -0.369 e. The summed E-state index contributed by atoms with van der Waals surface area (Å²) in [4.78, 5) is 21.0. The molecule has 1 spiro atoms. The zero-order valence-electron chi connectivity index (χ0n) is 19.5. The Kier molecular flexibility index (Phi) is 4.93. The highest BCUT2D eigenvalue weighted by atomic mass is 32.2. The third kappa shape index (κ3) is 3.94. The van der Waals surface area contributed by atoms with E-state index in [0.29, 0.717) is 19.0 Å². The predicted octanol–water partition coefficient (Wildman–Crippen LogP) is 2.06. The Morgan fingerprint density at radius 3 is 2.35 bits per heavy atom. The van der Waals surface area contributed by atoms with Crippen LogP contribution >= 0.6 is 0 Å². The Morgan fingerprint density at radius 2 is 1.68 bits per heavy atom. The van der Waals surface area contributed by atoms with E-state index in [-0.39, 0.29) is 16.9 Å². The molecule has 3 fully saturated rings. The number of pyridine rings is 1. The third-order valence-corrected chi connectivity index (χ3v) is 9.18. The van der Waals surface area contributed by atoms with Crippen LogP contribution < -0.4 is 15.1 Å². The molecule has 3 saturated heterocycles. The number of likely N-dealkylation sites (N-methyl/N-ethyl adjacent to an activating group) is 1. The van der Waals surface area contributed by atoms with Crippen LogP contribution in [-0.2, 0) is 9.84 Å². The van der Waals surface area contributed by atoms with Crippen molar-refractivity contribution in [2.75, 3.05) is 72.9 Å². The van der Waals surface area contributed by atoms with Gasteiger partial charge >= 0.3 is 0 Å².